The van der Waals surface area contributed by atoms with E-state index in [-0.39, 0.29) is 67.3 Å². The van der Waals surface area contributed by atoms with Gasteiger partial charge in [-0.05, 0) is 74.5 Å². The summed E-state index contributed by atoms with van der Waals surface area (Å²) >= 11 is 0. The molecule has 22 nitrogen and oxygen atoms in total. The molecule has 9 aliphatic rings. The van der Waals surface area contributed by atoms with Crippen molar-refractivity contribution in [2.24, 2.45) is 40.4 Å². The summed E-state index contributed by atoms with van der Waals surface area (Å²) in [6.45, 7) is 11.1. The Labute approximate surface area is 419 Å². The molecular weight excluding hydrogens is 953 g/mol. The molecule has 0 aromatic carbocycles. The van der Waals surface area contributed by atoms with Gasteiger partial charge >= 0.3 is 0 Å². The van der Waals surface area contributed by atoms with Crippen molar-refractivity contribution in [3.05, 3.63) is 23.8 Å². The first-order valence-corrected chi connectivity index (χ1v) is 25.9. The number of hydrogen-bond acceptors (Lipinski definition) is 22. The van der Waals surface area contributed by atoms with E-state index in [0.29, 0.717) is 24.8 Å². The molecule has 0 radical (unpaired) electrons. The van der Waals surface area contributed by atoms with Crippen LogP contribution in [0.2, 0.25) is 0 Å². The summed E-state index contributed by atoms with van der Waals surface area (Å²) < 4.78 is 61.7. The third kappa shape index (κ3) is 9.61. The van der Waals surface area contributed by atoms with E-state index in [1.54, 1.807) is 7.11 Å². The Morgan fingerprint density at radius 2 is 1.40 bits per heavy atom. The van der Waals surface area contributed by atoms with E-state index >= 15 is 0 Å². The Bertz CT molecular complexity index is 1910. The fraction of sp³-hybridized carbons (Fsp3) is 0.920. The molecule has 8 fully saturated rings. The number of aliphatic hydroxyl groups is 12. The fourth-order valence-electron chi connectivity index (χ4n) is 14.7. The van der Waals surface area contributed by atoms with Crippen molar-refractivity contribution < 1.29 is 109 Å². The third-order valence-electron chi connectivity index (χ3n) is 18.8. The van der Waals surface area contributed by atoms with E-state index in [2.05, 4.69) is 33.4 Å². The van der Waals surface area contributed by atoms with Crippen LogP contribution in [0.5, 0.6) is 0 Å². The molecule has 0 aromatic heterocycles. The average Bonchev–Trinajstić information content (AvgIpc) is 3.81. The van der Waals surface area contributed by atoms with E-state index in [9.17, 15) is 61.3 Å². The van der Waals surface area contributed by atoms with Crippen LogP contribution in [0.25, 0.3) is 0 Å². The summed E-state index contributed by atoms with van der Waals surface area (Å²) in [6.07, 6.45) is -20.7. The van der Waals surface area contributed by atoms with Crippen molar-refractivity contribution in [2.45, 2.75) is 214 Å². The SMILES string of the molecule is C=C(CCC1(OC)OC2C[C@H]3[C@@H]4CC=C5C[C@@H](O)C[C@@H](O[C@@H]6OC[C@H](O)[C@H](O[C@@H]7OC[C@@H](O)[C@H](O)[C@H]7O)[C@H]6O[C@@H]6O[C@@H](C)[C@H](O)[C@@H](O)[C@H]6O)[C@]5(C)[C@H]4CC[C@]3(C)C2C1C)CO[C@@H]1O[C@H](CO)[C@@H](O)[C@H](O)[C@H]1O. The quantitative estimate of drug-likeness (QED) is 0.0823. The predicted octanol–water partition coefficient (Wildman–Crippen LogP) is -2.18. The van der Waals surface area contributed by atoms with Gasteiger partial charge in [-0.15, -0.1) is 0 Å². The Balaban J connectivity index is 0.912. The zero-order valence-electron chi connectivity index (χ0n) is 41.7. The molecule has 29 atom stereocenters. The summed E-state index contributed by atoms with van der Waals surface area (Å²) in [4.78, 5) is 0. The highest BCUT2D eigenvalue weighted by Gasteiger charge is 2.69. The fourth-order valence-corrected chi connectivity index (χ4v) is 14.7. The van der Waals surface area contributed by atoms with Gasteiger partial charge in [0.2, 0.25) is 0 Å². The van der Waals surface area contributed by atoms with Crippen molar-refractivity contribution in [3.63, 3.8) is 0 Å². The molecular formula is C50H80O22. The molecule has 412 valence electrons. The zero-order valence-corrected chi connectivity index (χ0v) is 41.7. The molecule has 5 aliphatic heterocycles. The predicted molar refractivity (Wildman–Crippen MR) is 244 cm³/mol. The van der Waals surface area contributed by atoms with Crippen LogP contribution in [0.3, 0.4) is 0 Å². The lowest BCUT2D eigenvalue weighted by Crippen LogP contribution is -2.65. The lowest BCUT2D eigenvalue weighted by Gasteiger charge is -2.60. The zero-order chi connectivity index (χ0) is 51.9. The smallest absolute Gasteiger partial charge is 0.187 e. The van der Waals surface area contributed by atoms with Crippen molar-refractivity contribution in [3.8, 4) is 0 Å². The molecule has 72 heavy (non-hydrogen) atoms. The van der Waals surface area contributed by atoms with Gasteiger partial charge in [0.05, 0.1) is 50.8 Å². The van der Waals surface area contributed by atoms with E-state index in [1.165, 1.54) is 6.92 Å². The third-order valence-corrected chi connectivity index (χ3v) is 18.8. The number of hydrogen-bond donors (Lipinski definition) is 12. The summed E-state index contributed by atoms with van der Waals surface area (Å²) in [6, 6.07) is 0. The highest BCUT2D eigenvalue weighted by Crippen LogP contribution is 2.70. The lowest BCUT2D eigenvalue weighted by atomic mass is 9.46. The minimum absolute atomic E-state index is 0.0113. The largest absolute Gasteiger partial charge is 0.394 e. The summed E-state index contributed by atoms with van der Waals surface area (Å²) in [5, 5.41) is 127. The molecule has 9 rings (SSSR count). The molecule has 0 amide bonds. The average molecular weight is 1030 g/mol. The van der Waals surface area contributed by atoms with Gasteiger partial charge < -0.3 is 109 Å². The van der Waals surface area contributed by atoms with Gasteiger partial charge in [0.25, 0.3) is 0 Å². The maximum Gasteiger partial charge on any atom is 0.187 e. The molecule has 0 spiro atoms. The number of rotatable bonds is 14. The van der Waals surface area contributed by atoms with Gasteiger partial charge in [0.1, 0.15) is 79.4 Å². The molecule has 4 aliphatic carbocycles. The normalized spacial score (nSPS) is 54.5. The first-order chi connectivity index (χ1) is 34.1. The van der Waals surface area contributed by atoms with Crippen LogP contribution in [0.4, 0.5) is 0 Å². The minimum atomic E-state index is -1.76. The van der Waals surface area contributed by atoms with Crippen molar-refractivity contribution in [2.75, 3.05) is 33.5 Å². The maximum absolute atomic E-state index is 11.5. The number of fused-ring (bicyclic) bond motifs is 7. The lowest BCUT2D eigenvalue weighted by molar-refractivity contribution is -0.382. The van der Waals surface area contributed by atoms with Gasteiger partial charge in [0.15, 0.2) is 30.9 Å². The maximum atomic E-state index is 11.5. The molecule has 5 heterocycles. The number of ether oxygens (including phenoxy) is 10. The molecule has 12 N–H and O–H groups in total. The molecule has 0 aromatic rings. The first-order valence-electron chi connectivity index (χ1n) is 25.9. The van der Waals surface area contributed by atoms with E-state index in [0.717, 1.165) is 31.3 Å². The first kappa shape index (κ1) is 55.4. The Morgan fingerprint density at radius 1 is 0.736 bits per heavy atom. The molecule has 3 saturated carbocycles. The highest BCUT2D eigenvalue weighted by molar-refractivity contribution is 5.29. The standard InChI is InChI=1S/C50H80O22/c1-20(17-64-44-40(61)38(59)36(57)31(16-51)68-44)9-12-50(63-6)21(2)33-30(72-50)15-27-25-8-7-23-13-24(52)14-32(49(23,5)26(25)10-11-48(27,33)4)69-47-43(71-46-41(62)37(58)34(55)22(3)67-46)42(29(54)19-66-47)70-45-39(60)35(56)28(53)18-65-45/h7,21-22,24-47,51-62H,1,8-19H2,2-6H3/t21?,22-,24+,25+,26-,27-,28+,29-,30?,31+,32+,33?,34-,35-,36+,37+,38-,39+,40+,41+,42-,43+,44+,45-,46-,47-,48-,49-,50?/m0/s1. The van der Waals surface area contributed by atoms with Gasteiger partial charge in [-0.1, -0.05) is 44.6 Å². The number of allylic oxidation sites excluding steroid dienone is 1. The second kappa shape index (κ2) is 21.4. The van der Waals surface area contributed by atoms with Crippen LogP contribution in [0.1, 0.15) is 79.1 Å². The molecule has 0 bridgehead atoms. The molecule has 22 heteroatoms. The van der Waals surface area contributed by atoms with E-state index in [4.69, 9.17) is 47.4 Å². The van der Waals surface area contributed by atoms with E-state index in [1.807, 2.05) is 0 Å². The molecule has 5 saturated heterocycles. The topological polar surface area (TPSA) is 335 Å². The van der Waals surface area contributed by atoms with Crippen LogP contribution < -0.4 is 0 Å². The summed E-state index contributed by atoms with van der Waals surface area (Å²) in [5.74, 6) is -0.203. The van der Waals surface area contributed by atoms with Crippen LogP contribution in [0.15, 0.2) is 23.8 Å². The second-order valence-corrected chi connectivity index (χ2v) is 22.8. The minimum Gasteiger partial charge on any atom is -0.394 e. The Kier molecular flexibility index (Phi) is 16.5. The van der Waals surface area contributed by atoms with Crippen molar-refractivity contribution >= 4 is 0 Å². The Hall–Kier alpha value is -1.40. The monoisotopic (exact) mass is 1030 g/mol. The van der Waals surface area contributed by atoms with Crippen molar-refractivity contribution in [1.29, 1.82) is 0 Å². The van der Waals surface area contributed by atoms with Crippen LogP contribution in [0, 0.1) is 40.4 Å². The van der Waals surface area contributed by atoms with E-state index < -0.39 is 141 Å². The second-order valence-electron chi connectivity index (χ2n) is 22.8. The van der Waals surface area contributed by atoms with Gasteiger partial charge in [0, 0.05) is 31.3 Å². The van der Waals surface area contributed by atoms with Crippen LogP contribution in [-0.4, -0.2) is 230 Å². The van der Waals surface area contributed by atoms with Crippen LogP contribution >= 0.6 is 0 Å². The van der Waals surface area contributed by atoms with Gasteiger partial charge in [-0.3, -0.25) is 0 Å². The summed E-state index contributed by atoms with van der Waals surface area (Å²) in [7, 11) is 1.66. The Morgan fingerprint density at radius 3 is 2.12 bits per heavy atom. The highest BCUT2D eigenvalue weighted by atomic mass is 16.8. The number of aliphatic hydroxyl groups excluding tert-OH is 12. The number of methoxy groups -OCH3 is 1. The molecule has 4 unspecified atom stereocenters. The van der Waals surface area contributed by atoms with Crippen LogP contribution in [-0.2, 0) is 47.4 Å². The van der Waals surface area contributed by atoms with Gasteiger partial charge in [-0.25, -0.2) is 0 Å². The van der Waals surface area contributed by atoms with Crippen molar-refractivity contribution in [1.82, 2.24) is 0 Å². The van der Waals surface area contributed by atoms with Gasteiger partial charge in [-0.2, -0.15) is 0 Å². The summed E-state index contributed by atoms with van der Waals surface area (Å²) in [5.41, 5.74) is 0.992.